The SMILES string of the molecule is CCCCCCCCCCCCCCCC(=O)N[C@H]1[CH]O[C@H](CO)[C@@H](O)[C@@H]1O. The summed E-state index contributed by atoms with van der Waals surface area (Å²) in [6, 6.07) is -0.743. The van der Waals surface area contributed by atoms with Crippen LogP contribution in [0.5, 0.6) is 0 Å². The summed E-state index contributed by atoms with van der Waals surface area (Å²) in [6.07, 6.45) is 13.6. The van der Waals surface area contributed by atoms with Gasteiger partial charge in [0.1, 0.15) is 24.9 Å². The highest BCUT2D eigenvalue weighted by atomic mass is 16.5. The molecule has 0 unspecified atom stereocenters. The van der Waals surface area contributed by atoms with Crippen molar-refractivity contribution >= 4 is 5.91 Å². The van der Waals surface area contributed by atoms with Gasteiger partial charge in [-0.05, 0) is 6.42 Å². The summed E-state index contributed by atoms with van der Waals surface area (Å²) in [4.78, 5) is 12.0. The maximum absolute atomic E-state index is 12.0. The fourth-order valence-electron chi connectivity index (χ4n) is 3.61. The van der Waals surface area contributed by atoms with Crippen LogP contribution in [-0.4, -0.2) is 52.2 Å². The molecule has 165 valence electrons. The zero-order valence-corrected chi connectivity index (χ0v) is 17.7. The molecular weight excluding hydrogens is 358 g/mol. The normalized spacial score (nSPS) is 25.0. The minimum atomic E-state index is -1.21. The molecule has 1 radical (unpaired) electrons. The Hall–Kier alpha value is -0.690. The number of ether oxygens (including phenoxy) is 1. The number of carbonyl (C=O) groups is 1. The molecule has 1 heterocycles. The summed E-state index contributed by atoms with van der Waals surface area (Å²) in [5, 5.41) is 31.5. The fraction of sp³-hybridized carbons (Fsp3) is 0.909. The summed E-state index contributed by atoms with van der Waals surface area (Å²) >= 11 is 0. The standard InChI is InChI=1S/C22H42NO5/c1-2-3-4-5-6-7-8-9-10-11-12-13-14-15-20(25)23-18-17-28-19(16-24)22(27)21(18)26/h17-19,21-22,24,26-27H,2-16H2,1H3,(H,23,25)/t18-,19+,21+,22+/m0/s1. The molecule has 1 aliphatic rings. The van der Waals surface area contributed by atoms with Gasteiger partial charge in [0, 0.05) is 6.42 Å². The van der Waals surface area contributed by atoms with E-state index >= 15 is 0 Å². The first kappa shape index (κ1) is 25.3. The Kier molecular flexibility index (Phi) is 14.6. The van der Waals surface area contributed by atoms with Crippen LogP contribution in [0.15, 0.2) is 0 Å². The van der Waals surface area contributed by atoms with Crippen LogP contribution in [0.4, 0.5) is 0 Å². The van der Waals surface area contributed by atoms with Crippen LogP contribution in [-0.2, 0) is 9.53 Å². The second-order valence-electron chi connectivity index (χ2n) is 8.06. The van der Waals surface area contributed by atoms with Gasteiger partial charge in [0.05, 0.1) is 12.6 Å². The summed E-state index contributed by atoms with van der Waals surface area (Å²) in [7, 11) is 0. The monoisotopic (exact) mass is 400 g/mol. The molecule has 1 saturated heterocycles. The number of carbonyl (C=O) groups excluding carboxylic acids is 1. The number of rotatable bonds is 16. The first-order chi connectivity index (χ1) is 13.6. The number of amides is 1. The molecule has 28 heavy (non-hydrogen) atoms. The van der Waals surface area contributed by atoms with E-state index in [4.69, 9.17) is 9.84 Å². The third kappa shape index (κ3) is 10.7. The van der Waals surface area contributed by atoms with E-state index in [9.17, 15) is 15.0 Å². The molecule has 0 bridgehead atoms. The zero-order chi connectivity index (χ0) is 20.6. The van der Waals surface area contributed by atoms with Crippen LogP contribution in [0.2, 0.25) is 0 Å². The van der Waals surface area contributed by atoms with Crippen LogP contribution in [0.1, 0.15) is 96.8 Å². The van der Waals surface area contributed by atoms with E-state index in [1.54, 1.807) is 0 Å². The summed E-state index contributed by atoms with van der Waals surface area (Å²) in [5.74, 6) is -0.151. The molecule has 0 saturated carbocycles. The van der Waals surface area contributed by atoms with Gasteiger partial charge in [0.2, 0.25) is 5.91 Å². The lowest BCUT2D eigenvalue weighted by atomic mass is 9.98. The Morgan fingerprint density at radius 3 is 1.86 bits per heavy atom. The fourth-order valence-corrected chi connectivity index (χ4v) is 3.61. The third-order valence-electron chi connectivity index (χ3n) is 5.51. The van der Waals surface area contributed by atoms with Gasteiger partial charge in [-0.1, -0.05) is 84.0 Å². The topological polar surface area (TPSA) is 99.0 Å². The molecule has 6 heteroatoms. The van der Waals surface area contributed by atoms with Gasteiger partial charge >= 0.3 is 0 Å². The molecule has 6 nitrogen and oxygen atoms in total. The smallest absolute Gasteiger partial charge is 0.220 e. The number of aliphatic hydroxyl groups excluding tert-OH is 3. The van der Waals surface area contributed by atoms with E-state index in [-0.39, 0.29) is 12.5 Å². The maximum Gasteiger partial charge on any atom is 0.220 e. The molecule has 1 aliphatic heterocycles. The number of hydrogen-bond donors (Lipinski definition) is 4. The second-order valence-corrected chi connectivity index (χ2v) is 8.06. The summed E-state index contributed by atoms with van der Waals surface area (Å²) in [5.41, 5.74) is 0. The average Bonchev–Trinajstić information content (AvgIpc) is 2.69. The van der Waals surface area contributed by atoms with Gasteiger partial charge in [-0.2, -0.15) is 0 Å². The molecule has 4 N–H and O–H groups in total. The molecule has 0 spiro atoms. The van der Waals surface area contributed by atoms with Gasteiger partial charge in [0.25, 0.3) is 0 Å². The Morgan fingerprint density at radius 1 is 0.857 bits per heavy atom. The third-order valence-corrected chi connectivity index (χ3v) is 5.51. The lowest BCUT2D eigenvalue weighted by molar-refractivity contribution is -0.145. The highest BCUT2D eigenvalue weighted by Gasteiger charge is 2.38. The van der Waals surface area contributed by atoms with Crippen LogP contribution < -0.4 is 5.32 Å². The van der Waals surface area contributed by atoms with Crippen molar-refractivity contribution in [1.29, 1.82) is 0 Å². The Labute approximate surface area is 171 Å². The van der Waals surface area contributed by atoms with Gasteiger partial charge in [-0.15, -0.1) is 0 Å². The van der Waals surface area contributed by atoms with E-state index in [0.717, 1.165) is 19.3 Å². The quantitative estimate of drug-likeness (QED) is 0.298. The summed E-state index contributed by atoms with van der Waals surface area (Å²) < 4.78 is 5.15. The predicted octanol–water partition coefficient (Wildman–Crippen LogP) is 3.23. The molecular formula is C22H42NO5. The molecule has 0 aromatic heterocycles. The van der Waals surface area contributed by atoms with Crippen molar-refractivity contribution in [2.75, 3.05) is 6.61 Å². The number of hydrogen-bond acceptors (Lipinski definition) is 5. The Morgan fingerprint density at radius 2 is 1.36 bits per heavy atom. The van der Waals surface area contributed by atoms with E-state index < -0.39 is 24.4 Å². The highest BCUT2D eigenvalue weighted by molar-refractivity contribution is 5.76. The van der Waals surface area contributed by atoms with Crippen molar-refractivity contribution in [1.82, 2.24) is 5.32 Å². The minimum absolute atomic E-state index is 0.151. The van der Waals surface area contributed by atoms with Gasteiger partial charge < -0.3 is 25.4 Å². The van der Waals surface area contributed by atoms with Crippen molar-refractivity contribution in [3.05, 3.63) is 6.61 Å². The van der Waals surface area contributed by atoms with Gasteiger partial charge in [0.15, 0.2) is 0 Å². The lowest BCUT2D eigenvalue weighted by Crippen LogP contribution is -2.58. The average molecular weight is 401 g/mol. The molecule has 0 aliphatic carbocycles. The predicted molar refractivity (Wildman–Crippen MR) is 111 cm³/mol. The van der Waals surface area contributed by atoms with Crippen LogP contribution in [0.25, 0.3) is 0 Å². The first-order valence-corrected chi connectivity index (χ1v) is 11.3. The van der Waals surface area contributed by atoms with Crippen molar-refractivity contribution in [3.63, 3.8) is 0 Å². The van der Waals surface area contributed by atoms with Crippen LogP contribution >= 0.6 is 0 Å². The van der Waals surface area contributed by atoms with E-state index in [0.29, 0.717) is 6.42 Å². The second kappa shape index (κ2) is 16.1. The zero-order valence-electron chi connectivity index (χ0n) is 17.7. The molecule has 1 rings (SSSR count). The van der Waals surface area contributed by atoms with Crippen molar-refractivity contribution < 1.29 is 24.9 Å². The number of aliphatic hydroxyl groups is 3. The maximum atomic E-state index is 12.0. The van der Waals surface area contributed by atoms with Crippen LogP contribution in [0, 0.1) is 6.61 Å². The number of unbranched alkanes of at least 4 members (excludes halogenated alkanes) is 12. The van der Waals surface area contributed by atoms with E-state index in [1.165, 1.54) is 70.8 Å². The summed E-state index contributed by atoms with van der Waals surface area (Å²) in [6.45, 7) is 3.16. The van der Waals surface area contributed by atoms with E-state index in [1.807, 2.05) is 0 Å². The number of nitrogens with one attached hydrogen (secondary N) is 1. The first-order valence-electron chi connectivity index (χ1n) is 11.3. The van der Waals surface area contributed by atoms with Crippen LogP contribution in [0.3, 0.4) is 0 Å². The van der Waals surface area contributed by atoms with Gasteiger partial charge in [-0.3, -0.25) is 4.79 Å². The molecule has 1 fully saturated rings. The highest BCUT2D eigenvalue weighted by Crippen LogP contribution is 2.18. The van der Waals surface area contributed by atoms with Crippen molar-refractivity contribution in [3.8, 4) is 0 Å². The minimum Gasteiger partial charge on any atom is -0.394 e. The van der Waals surface area contributed by atoms with Crippen molar-refractivity contribution in [2.45, 2.75) is 121 Å². The molecule has 4 atom stereocenters. The lowest BCUT2D eigenvalue weighted by Gasteiger charge is -2.36. The van der Waals surface area contributed by atoms with Crippen molar-refractivity contribution in [2.24, 2.45) is 0 Å². The molecule has 0 aromatic carbocycles. The molecule has 1 amide bonds. The Balaban J connectivity index is 1.93. The largest absolute Gasteiger partial charge is 0.394 e. The Bertz CT molecular complexity index is 393. The van der Waals surface area contributed by atoms with Gasteiger partial charge in [-0.25, -0.2) is 0 Å². The van der Waals surface area contributed by atoms with E-state index in [2.05, 4.69) is 12.2 Å². The molecule has 0 aromatic rings.